The number of rotatable bonds is 13. The monoisotopic (exact) mass is 368 g/mol. The highest BCUT2D eigenvalue weighted by molar-refractivity contribution is 7.92. The van der Waals surface area contributed by atoms with Gasteiger partial charge in [-0.2, -0.15) is 0 Å². The number of unbranched alkanes of at least 4 members (excludes halogenated alkanes) is 1. The predicted molar refractivity (Wildman–Crippen MR) is 100 cm³/mol. The molecule has 0 heterocycles. The molecule has 0 saturated heterocycles. The van der Waals surface area contributed by atoms with Gasteiger partial charge in [-0.1, -0.05) is 43.7 Å². The van der Waals surface area contributed by atoms with Gasteiger partial charge in [-0.15, -0.1) is 0 Å². The lowest BCUT2D eigenvalue weighted by Gasteiger charge is -2.06. The van der Waals surface area contributed by atoms with E-state index in [2.05, 4.69) is 17.0 Å². The van der Waals surface area contributed by atoms with Gasteiger partial charge in [-0.05, 0) is 24.5 Å². The van der Waals surface area contributed by atoms with Crippen molar-refractivity contribution in [1.29, 1.82) is 0 Å². The number of amides is 1. The van der Waals surface area contributed by atoms with Gasteiger partial charge in [0, 0.05) is 38.1 Å². The van der Waals surface area contributed by atoms with Crippen molar-refractivity contribution in [2.24, 2.45) is 0 Å². The largest absolute Gasteiger partial charge is 0.381 e. The number of carbonyl (C=O) groups excluding carboxylic acids is 1. The van der Waals surface area contributed by atoms with Crippen LogP contribution in [0.15, 0.2) is 35.7 Å². The molecule has 0 aliphatic heterocycles. The second kappa shape index (κ2) is 12.6. The smallest absolute Gasteiger partial charge is 0.233 e. The zero-order valence-electron chi connectivity index (χ0n) is 14.7. The normalized spacial score (nSPS) is 11.7. The Morgan fingerprint density at radius 1 is 1.12 bits per heavy atom. The van der Waals surface area contributed by atoms with Gasteiger partial charge in [0.2, 0.25) is 15.9 Å². The number of hydrogen-bond acceptors (Lipinski definition) is 4. The van der Waals surface area contributed by atoms with Crippen LogP contribution in [0.2, 0.25) is 0 Å². The molecule has 25 heavy (non-hydrogen) atoms. The number of benzene rings is 1. The van der Waals surface area contributed by atoms with Crippen molar-refractivity contribution >= 4 is 22.0 Å². The van der Waals surface area contributed by atoms with Crippen molar-refractivity contribution in [1.82, 2.24) is 10.0 Å². The lowest BCUT2D eigenvalue weighted by atomic mass is 10.2. The maximum atomic E-state index is 11.8. The lowest BCUT2D eigenvalue weighted by molar-refractivity contribution is -0.120. The fraction of sp³-hybridized carbons (Fsp3) is 0.500. The van der Waals surface area contributed by atoms with Crippen LogP contribution in [0, 0.1) is 0 Å². The highest BCUT2D eigenvalue weighted by atomic mass is 32.2. The fourth-order valence-electron chi connectivity index (χ4n) is 1.93. The van der Waals surface area contributed by atoms with Gasteiger partial charge in [0.15, 0.2) is 0 Å². The standard InChI is InChI=1S/C18H28N2O4S/c1-2-3-14-24-15-7-12-19-18(21)10-13-20-25(22,23)16-11-17-8-5-4-6-9-17/h4-6,8-9,11,16,20H,2-3,7,10,12-15H2,1H3,(H,19,21)/b16-11+. The summed E-state index contributed by atoms with van der Waals surface area (Å²) in [4.78, 5) is 11.6. The minimum absolute atomic E-state index is 0.0697. The maximum absolute atomic E-state index is 11.8. The zero-order valence-corrected chi connectivity index (χ0v) is 15.6. The molecule has 0 spiro atoms. The van der Waals surface area contributed by atoms with Crippen molar-refractivity contribution in [2.75, 3.05) is 26.3 Å². The molecule has 0 atom stereocenters. The molecule has 0 aliphatic carbocycles. The topological polar surface area (TPSA) is 84.5 Å². The summed E-state index contributed by atoms with van der Waals surface area (Å²) in [6, 6.07) is 9.15. The zero-order chi connectivity index (χ0) is 18.4. The molecule has 140 valence electrons. The summed E-state index contributed by atoms with van der Waals surface area (Å²) in [5.74, 6) is -0.178. The van der Waals surface area contributed by atoms with Crippen molar-refractivity contribution in [3.63, 3.8) is 0 Å². The SMILES string of the molecule is CCCCOCCCNC(=O)CCNS(=O)(=O)/C=C/c1ccccc1. The van der Waals surface area contributed by atoms with E-state index in [1.54, 1.807) is 0 Å². The maximum Gasteiger partial charge on any atom is 0.233 e. The first kappa shape index (κ1) is 21.3. The average molecular weight is 368 g/mol. The highest BCUT2D eigenvalue weighted by Crippen LogP contribution is 2.02. The van der Waals surface area contributed by atoms with Gasteiger partial charge in [0.05, 0.1) is 0 Å². The Kier molecular flexibility index (Phi) is 10.8. The van der Waals surface area contributed by atoms with Gasteiger partial charge in [0.25, 0.3) is 0 Å². The summed E-state index contributed by atoms with van der Waals surface area (Å²) in [5.41, 5.74) is 0.798. The number of hydrogen-bond donors (Lipinski definition) is 2. The molecule has 0 aromatic heterocycles. The first-order valence-electron chi connectivity index (χ1n) is 8.61. The molecule has 1 aromatic carbocycles. The van der Waals surface area contributed by atoms with Crippen molar-refractivity contribution in [2.45, 2.75) is 32.6 Å². The molecule has 7 heteroatoms. The molecule has 0 fully saturated rings. The third-order valence-electron chi connectivity index (χ3n) is 3.32. The molecule has 1 amide bonds. The van der Waals surface area contributed by atoms with E-state index in [1.807, 2.05) is 30.3 Å². The third-order valence-corrected chi connectivity index (χ3v) is 4.43. The van der Waals surface area contributed by atoms with Gasteiger partial charge >= 0.3 is 0 Å². The Morgan fingerprint density at radius 3 is 2.56 bits per heavy atom. The summed E-state index contributed by atoms with van der Waals surface area (Å²) < 4.78 is 31.4. The van der Waals surface area contributed by atoms with Crippen LogP contribution in [-0.4, -0.2) is 40.6 Å². The van der Waals surface area contributed by atoms with Crippen LogP contribution in [0.4, 0.5) is 0 Å². The minimum Gasteiger partial charge on any atom is -0.381 e. The molecule has 0 saturated carbocycles. The quantitative estimate of drug-likeness (QED) is 0.523. The van der Waals surface area contributed by atoms with Crippen molar-refractivity contribution in [3.05, 3.63) is 41.3 Å². The number of nitrogens with one attached hydrogen (secondary N) is 2. The third kappa shape index (κ3) is 11.5. The summed E-state index contributed by atoms with van der Waals surface area (Å²) in [6.07, 6.45) is 4.52. The van der Waals surface area contributed by atoms with E-state index in [0.29, 0.717) is 13.2 Å². The fourth-order valence-corrected chi connectivity index (χ4v) is 2.75. The highest BCUT2D eigenvalue weighted by Gasteiger charge is 2.06. The van der Waals surface area contributed by atoms with E-state index >= 15 is 0 Å². The van der Waals surface area contributed by atoms with Gasteiger partial charge < -0.3 is 10.1 Å². The molecule has 6 nitrogen and oxygen atoms in total. The van der Waals surface area contributed by atoms with Crippen LogP contribution >= 0.6 is 0 Å². The average Bonchev–Trinajstić information content (AvgIpc) is 2.60. The molecule has 0 aliphatic rings. The molecule has 0 bridgehead atoms. The van der Waals surface area contributed by atoms with Gasteiger partial charge in [-0.25, -0.2) is 13.1 Å². The van der Waals surface area contributed by atoms with Crippen LogP contribution in [0.1, 0.15) is 38.2 Å². The van der Waals surface area contributed by atoms with Gasteiger partial charge in [-0.3, -0.25) is 4.79 Å². The molecule has 0 radical (unpaired) electrons. The van der Waals surface area contributed by atoms with E-state index in [4.69, 9.17) is 4.74 Å². The first-order valence-corrected chi connectivity index (χ1v) is 10.2. The Hall–Kier alpha value is -1.70. The van der Waals surface area contributed by atoms with Crippen LogP contribution in [0.25, 0.3) is 6.08 Å². The van der Waals surface area contributed by atoms with Crippen molar-refractivity contribution < 1.29 is 17.9 Å². The number of sulfonamides is 1. The Balaban J connectivity index is 2.14. The molecule has 0 unspecified atom stereocenters. The van der Waals surface area contributed by atoms with E-state index in [1.165, 1.54) is 6.08 Å². The molecule has 2 N–H and O–H groups in total. The summed E-state index contributed by atoms with van der Waals surface area (Å²) in [7, 11) is -3.54. The Morgan fingerprint density at radius 2 is 1.84 bits per heavy atom. The minimum atomic E-state index is -3.54. The molecule has 1 aromatic rings. The van der Waals surface area contributed by atoms with E-state index in [9.17, 15) is 13.2 Å². The van der Waals surface area contributed by atoms with Crippen LogP contribution < -0.4 is 10.0 Å². The summed E-state index contributed by atoms with van der Waals surface area (Å²) in [6.45, 7) is 4.08. The van der Waals surface area contributed by atoms with E-state index in [0.717, 1.165) is 36.8 Å². The molecular formula is C18H28N2O4S. The number of ether oxygens (including phenoxy) is 1. The summed E-state index contributed by atoms with van der Waals surface area (Å²) in [5, 5.41) is 3.85. The second-order valence-electron chi connectivity index (χ2n) is 5.57. The van der Waals surface area contributed by atoms with Crippen LogP contribution in [0.5, 0.6) is 0 Å². The van der Waals surface area contributed by atoms with Crippen LogP contribution in [-0.2, 0) is 19.6 Å². The van der Waals surface area contributed by atoms with Crippen LogP contribution in [0.3, 0.4) is 0 Å². The Labute approximate surface area is 150 Å². The lowest BCUT2D eigenvalue weighted by Crippen LogP contribution is -2.30. The first-order chi connectivity index (χ1) is 12.0. The van der Waals surface area contributed by atoms with E-state index < -0.39 is 10.0 Å². The van der Waals surface area contributed by atoms with E-state index in [-0.39, 0.29) is 18.9 Å². The number of carbonyl (C=O) groups is 1. The van der Waals surface area contributed by atoms with Crippen molar-refractivity contribution in [3.8, 4) is 0 Å². The molecular weight excluding hydrogens is 340 g/mol. The molecule has 1 rings (SSSR count). The second-order valence-corrected chi connectivity index (χ2v) is 7.22. The predicted octanol–water partition coefficient (Wildman–Crippen LogP) is 2.29. The Bertz CT molecular complexity index is 615. The van der Waals surface area contributed by atoms with Gasteiger partial charge in [0.1, 0.15) is 0 Å². The summed E-state index contributed by atoms with van der Waals surface area (Å²) >= 11 is 0.